The lowest BCUT2D eigenvalue weighted by Gasteiger charge is -2.35. The van der Waals surface area contributed by atoms with Gasteiger partial charge in [-0.25, -0.2) is 0 Å². The number of aromatic nitrogens is 2. The smallest absolute Gasteiger partial charge is 0.316 e. The molecule has 0 spiro atoms. The summed E-state index contributed by atoms with van der Waals surface area (Å²) in [5.74, 6) is 0.730. The number of phenols is 1. The van der Waals surface area contributed by atoms with Crippen molar-refractivity contribution in [1.29, 1.82) is 0 Å². The van der Waals surface area contributed by atoms with Crippen LogP contribution in [0.2, 0.25) is 0 Å². The number of hydrogen-bond donors (Lipinski definition) is 2. The number of halogens is 1. The second-order valence-electron chi connectivity index (χ2n) is 11.7. The van der Waals surface area contributed by atoms with Crippen LogP contribution in [-0.2, 0) is 13.0 Å². The summed E-state index contributed by atoms with van der Waals surface area (Å²) in [5, 5.41) is 16.6. The first-order valence-electron chi connectivity index (χ1n) is 14.2. The number of anilines is 1. The first-order chi connectivity index (χ1) is 18.5. The van der Waals surface area contributed by atoms with Gasteiger partial charge in [0, 0.05) is 53.1 Å². The molecule has 0 saturated carbocycles. The van der Waals surface area contributed by atoms with Crippen LogP contribution in [0, 0.1) is 0 Å². The van der Waals surface area contributed by atoms with Crippen molar-refractivity contribution in [2.24, 2.45) is 0 Å². The molecule has 0 aliphatic carbocycles. The van der Waals surface area contributed by atoms with Crippen molar-refractivity contribution in [3.8, 4) is 11.8 Å². The third-order valence-electron chi connectivity index (χ3n) is 9.29. The van der Waals surface area contributed by atoms with Crippen LogP contribution in [0.15, 0.2) is 34.8 Å². The molecule has 38 heavy (non-hydrogen) atoms. The number of likely N-dealkylation sites (N-methyl/N-ethyl adjacent to an activating group) is 1. The normalized spacial score (nSPS) is 27.2. The van der Waals surface area contributed by atoms with E-state index in [1.807, 2.05) is 12.1 Å². The predicted molar refractivity (Wildman–Crippen MR) is 153 cm³/mol. The van der Waals surface area contributed by atoms with Gasteiger partial charge in [0.25, 0.3) is 0 Å². The Balaban J connectivity index is 1.24. The largest absolute Gasteiger partial charge is 0.507 e. The zero-order chi connectivity index (χ0) is 25.8. The monoisotopic (exact) mass is 577 g/mol. The molecule has 8 heteroatoms. The molecule has 7 nitrogen and oxygen atoms in total. The molecular weight excluding hydrogens is 542 g/mol. The highest BCUT2D eigenvalue weighted by Gasteiger charge is 2.37. The Morgan fingerprint density at radius 2 is 1.87 bits per heavy atom. The van der Waals surface area contributed by atoms with Gasteiger partial charge in [-0.15, -0.1) is 0 Å². The maximum Gasteiger partial charge on any atom is 0.316 e. The molecule has 3 atom stereocenters. The Morgan fingerprint density at radius 1 is 1.08 bits per heavy atom. The summed E-state index contributed by atoms with van der Waals surface area (Å²) in [6.07, 6.45) is 8.15. The van der Waals surface area contributed by atoms with Crippen LogP contribution < -0.4 is 15.0 Å². The minimum Gasteiger partial charge on any atom is -0.507 e. The van der Waals surface area contributed by atoms with Gasteiger partial charge in [0.05, 0.1) is 22.4 Å². The fourth-order valence-electron chi connectivity index (χ4n) is 7.25. The minimum atomic E-state index is 0.266. The average molecular weight is 579 g/mol. The topological polar surface area (TPSA) is 73.8 Å². The first-order valence-corrected chi connectivity index (χ1v) is 15.0. The highest BCUT2D eigenvalue weighted by atomic mass is 79.9. The number of nitrogens with zero attached hydrogens (tertiary/aromatic N) is 4. The number of fused-ring (bicyclic) bond motifs is 4. The molecule has 2 aromatic carbocycles. The van der Waals surface area contributed by atoms with E-state index in [1.165, 1.54) is 36.9 Å². The van der Waals surface area contributed by atoms with Gasteiger partial charge < -0.3 is 25.0 Å². The quantitative estimate of drug-likeness (QED) is 0.435. The van der Waals surface area contributed by atoms with E-state index in [4.69, 9.17) is 14.7 Å². The maximum atomic E-state index is 10.7. The van der Waals surface area contributed by atoms with E-state index in [2.05, 4.69) is 56.3 Å². The number of ether oxygens (including phenoxy) is 1. The van der Waals surface area contributed by atoms with Crippen molar-refractivity contribution in [2.75, 3.05) is 31.6 Å². The fourth-order valence-corrected chi connectivity index (χ4v) is 7.71. The highest BCUT2D eigenvalue weighted by molar-refractivity contribution is 9.10. The maximum absolute atomic E-state index is 10.7. The summed E-state index contributed by atoms with van der Waals surface area (Å²) in [5.41, 5.74) is 4.67. The number of phenolic OH excluding ortho intramolecular Hbond substituents is 1. The van der Waals surface area contributed by atoms with Crippen LogP contribution in [0.25, 0.3) is 10.8 Å². The van der Waals surface area contributed by atoms with Gasteiger partial charge in [0.2, 0.25) is 0 Å². The van der Waals surface area contributed by atoms with Gasteiger partial charge in [0.1, 0.15) is 12.4 Å². The minimum absolute atomic E-state index is 0.266. The Morgan fingerprint density at radius 3 is 2.63 bits per heavy atom. The number of likely N-dealkylation sites (tertiary alicyclic amines) is 1. The Hall–Kier alpha value is -2.42. The number of hydrogen-bond acceptors (Lipinski definition) is 7. The van der Waals surface area contributed by atoms with E-state index in [0.29, 0.717) is 43.2 Å². The Labute approximate surface area is 232 Å². The standard InChI is InChI=1S/C30H36BrN5O2/c1-35-11-4-5-21(35)17-38-30-33-25-16-36(26-15-27(37)28(31)23-7-3-2-6-22(23)26)12-10-24(25)29(34-30)18-13-19-8-9-20(14-18)32-19/h2-3,6-7,15,18-21,32,37H,4-5,8-14,16-17H2,1H3/t18?,19?,20?,21-/m0/s1. The number of nitrogens with one attached hydrogen (secondary N) is 1. The van der Waals surface area contributed by atoms with Crippen LogP contribution in [0.1, 0.15) is 61.4 Å². The van der Waals surface area contributed by atoms with Gasteiger partial charge in [0.15, 0.2) is 0 Å². The average Bonchev–Trinajstić information content (AvgIpc) is 3.51. The molecule has 0 radical (unpaired) electrons. The van der Waals surface area contributed by atoms with Crippen LogP contribution in [0.5, 0.6) is 11.8 Å². The van der Waals surface area contributed by atoms with Crippen LogP contribution in [0.3, 0.4) is 0 Å². The summed E-state index contributed by atoms with van der Waals surface area (Å²) in [6, 6.07) is 12.3. The van der Waals surface area contributed by atoms with Crippen LogP contribution in [0.4, 0.5) is 5.69 Å². The summed E-state index contributed by atoms with van der Waals surface area (Å²) in [4.78, 5) is 14.9. The molecular formula is C30H36BrN5O2. The van der Waals surface area contributed by atoms with Gasteiger partial charge in [-0.1, -0.05) is 24.3 Å². The third-order valence-corrected chi connectivity index (χ3v) is 10.1. The Bertz CT molecular complexity index is 1350. The zero-order valence-electron chi connectivity index (χ0n) is 22.0. The molecule has 3 fully saturated rings. The van der Waals surface area contributed by atoms with Crippen molar-refractivity contribution in [1.82, 2.24) is 20.2 Å². The van der Waals surface area contributed by atoms with Crippen LogP contribution >= 0.6 is 15.9 Å². The van der Waals surface area contributed by atoms with Crippen molar-refractivity contribution in [2.45, 2.75) is 75.5 Å². The third kappa shape index (κ3) is 4.44. The summed E-state index contributed by atoms with van der Waals surface area (Å²) in [7, 11) is 2.18. The number of benzene rings is 2. The van der Waals surface area contributed by atoms with E-state index < -0.39 is 0 Å². The molecule has 0 amide bonds. The molecule has 5 heterocycles. The molecule has 200 valence electrons. The second-order valence-corrected chi connectivity index (χ2v) is 12.4. The van der Waals surface area contributed by atoms with Crippen molar-refractivity contribution >= 4 is 32.4 Å². The van der Waals surface area contributed by atoms with E-state index in [9.17, 15) is 5.11 Å². The van der Waals surface area contributed by atoms with Crippen molar-refractivity contribution in [3.05, 3.63) is 51.8 Å². The lowest BCUT2D eigenvalue weighted by atomic mass is 9.85. The Kier molecular flexibility index (Phi) is 6.45. The molecule has 4 aliphatic rings. The lowest BCUT2D eigenvalue weighted by Crippen LogP contribution is -2.39. The second kappa shape index (κ2) is 9.96. The SMILES string of the molecule is CN1CCC[C@H]1COc1nc2c(c(C3CC4CCC(C3)N4)n1)CCN(c1cc(O)c(Br)c3ccccc13)C2. The van der Waals surface area contributed by atoms with Crippen molar-refractivity contribution < 1.29 is 9.84 Å². The zero-order valence-corrected chi connectivity index (χ0v) is 23.6. The van der Waals surface area contributed by atoms with E-state index in [1.54, 1.807) is 0 Å². The molecule has 2 N–H and O–H groups in total. The van der Waals surface area contributed by atoms with E-state index in [0.717, 1.165) is 59.0 Å². The number of rotatable bonds is 5. The fraction of sp³-hybridized carbons (Fsp3) is 0.533. The van der Waals surface area contributed by atoms with E-state index in [-0.39, 0.29) is 5.75 Å². The summed E-state index contributed by atoms with van der Waals surface area (Å²) >= 11 is 3.58. The van der Waals surface area contributed by atoms with Gasteiger partial charge >= 0.3 is 6.01 Å². The molecule has 2 bridgehead atoms. The summed E-state index contributed by atoms with van der Waals surface area (Å²) in [6.45, 7) is 3.33. The summed E-state index contributed by atoms with van der Waals surface area (Å²) < 4.78 is 7.07. The first kappa shape index (κ1) is 24.6. The molecule has 3 aromatic rings. The molecule has 2 unspecified atom stereocenters. The van der Waals surface area contributed by atoms with Crippen molar-refractivity contribution in [3.63, 3.8) is 0 Å². The van der Waals surface area contributed by atoms with Gasteiger partial charge in [-0.2, -0.15) is 9.97 Å². The predicted octanol–water partition coefficient (Wildman–Crippen LogP) is 5.13. The number of aromatic hydroxyl groups is 1. The van der Waals surface area contributed by atoms with Crippen LogP contribution in [-0.4, -0.2) is 64.8 Å². The molecule has 3 saturated heterocycles. The van der Waals surface area contributed by atoms with E-state index >= 15 is 0 Å². The molecule has 7 rings (SSSR count). The number of piperidine rings is 1. The molecule has 1 aromatic heterocycles. The lowest BCUT2D eigenvalue weighted by molar-refractivity contribution is 0.186. The van der Waals surface area contributed by atoms with Gasteiger partial charge in [-0.3, -0.25) is 0 Å². The van der Waals surface area contributed by atoms with Gasteiger partial charge in [-0.05, 0) is 80.0 Å². The highest BCUT2D eigenvalue weighted by Crippen LogP contribution is 2.43. The molecule has 4 aliphatic heterocycles.